The lowest BCUT2D eigenvalue weighted by Crippen LogP contribution is -2.20. The molecular formula is C9H16N4O2. The Kier molecular flexibility index (Phi) is 3.28. The lowest BCUT2D eigenvalue weighted by Gasteiger charge is -2.16. The standard InChI is InChI=1S/C9H16N4O2/c1-9(2,3)5-6(14)10-7-11-8(15-4)13-12-7/h5H2,1-4H3,(H2,10,11,12,13,14). The van der Waals surface area contributed by atoms with Crippen LogP contribution < -0.4 is 10.1 Å². The van der Waals surface area contributed by atoms with Crippen LogP contribution in [-0.2, 0) is 4.79 Å². The summed E-state index contributed by atoms with van der Waals surface area (Å²) >= 11 is 0. The molecule has 0 radical (unpaired) electrons. The maximum atomic E-state index is 11.5. The number of carbonyl (C=O) groups is 1. The second-order valence-electron chi connectivity index (χ2n) is 4.46. The molecule has 0 saturated carbocycles. The van der Waals surface area contributed by atoms with Crippen LogP contribution in [0, 0.1) is 5.41 Å². The zero-order chi connectivity index (χ0) is 11.5. The van der Waals surface area contributed by atoms with E-state index in [1.165, 1.54) is 7.11 Å². The number of ether oxygens (including phenoxy) is 1. The Morgan fingerprint density at radius 1 is 1.53 bits per heavy atom. The van der Waals surface area contributed by atoms with Crippen molar-refractivity contribution < 1.29 is 9.53 Å². The van der Waals surface area contributed by atoms with E-state index in [0.29, 0.717) is 12.4 Å². The zero-order valence-electron chi connectivity index (χ0n) is 9.42. The summed E-state index contributed by atoms with van der Waals surface area (Å²) < 4.78 is 4.77. The average molecular weight is 212 g/mol. The highest BCUT2D eigenvalue weighted by molar-refractivity contribution is 5.89. The Morgan fingerprint density at radius 2 is 2.20 bits per heavy atom. The second kappa shape index (κ2) is 4.29. The number of hydrogen-bond donors (Lipinski definition) is 2. The molecule has 0 saturated heterocycles. The minimum absolute atomic E-state index is 0.0474. The molecule has 1 amide bonds. The summed E-state index contributed by atoms with van der Waals surface area (Å²) in [4.78, 5) is 15.4. The maximum Gasteiger partial charge on any atom is 0.336 e. The minimum atomic E-state index is -0.0960. The summed E-state index contributed by atoms with van der Waals surface area (Å²) in [5, 5.41) is 8.87. The van der Waals surface area contributed by atoms with Crippen LogP contribution >= 0.6 is 0 Å². The van der Waals surface area contributed by atoms with Gasteiger partial charge in [0.05, 0.1) is 7.11 Å². The van der Waals surface area contributed by atoms with Crippen LogP contribution in [0.25, 0.3) is 0 Å². The number of hydrogen-bond acceptors (Lipinski definition) is 4. The molecular weight excluding hydrogens is 196 g/mol. The first-order chi connectivity index (χ1) is 6.90. The van der Waals surface area contributed by atoms with Crippen molar-refractivity contribution >= 4 is 11.9 Å². The van der Waals surface area contributed by atoms with Gasteiger partial charge < -0.3 is 4.74 Å². The van der Waals surface area contributed by atoms with Gasteiger partial charge in [-0.05, 0) is 5.41 Å². The van der Waals surface area contributed by atoms with Gasteiger partial charge in [0.2, 0.25) is 11.9 Å². The van der Waals surface area contributed by atoms with E-state index in [2.05, 4.69) is 20.5 Å². The molecule has 0 fully saturated rings. The lowest BCUT2D eigenvalue weighted by molar-refractivity contribution is -0.117. The number of nitrogens with one attached hydrogen (secondary N) is 2. The van der Waals surface area contributed by atoms with Gasteiger partial charge in [-0.3, -0.25) is 10.1 Å². The smallest absolute Gasteiger partial charge is 0.336 e. The Morgan fingerprint density at radius 3 is 2.67 bits per heavy atom. The van der Waals surface area contributed by atoms with E-state index < -0.39 is 0 Å². The molecule has 0 spiro atoms. The molecule has 0 bridgehead atoms. The highest BCUT2D eigenvalue weighted by Crippen LogP contribution is 2.18. The van der Waals surface area contributed by atoms with Gasteiger partial charge in [0.1, 0.15) is 0 Å². The van der Waals surface area contributed by atoms with Crippen molar-refractivity contribution in [2.24, 2.45) is 5.41 Å². The van der Waals surface area contributed by atoms with Crippen molar-refractivity contribution in [1.29, 1.82) is 0 Å². The topological polar surface area (TPSA) is 79.9 Å². The third-order valence-electron chi connectivity index (χ3n) is 1.60. The van der Waals surface area contributed by atoms with E-state index in [1.54, 1.807) is 0 Å². The Balaban J connectivity index is 2.51. The number of carbonyl (C=O) groups excluding carboxylic acids is 1. The lowest BCUT2D eigenvalue weighted by atomic mass is 9.92. The molecule has 2 N–H and O–H groups in total. The maximum absolute atomic E-state index is 11.5. The van der Waals surface area contributed by atoms with E-state index in [4.69, 9.17) is 4.74 Å². The normalized spacial score (nSPS) is 11.2. The predicted octanol–water partition coefficient (Wildman–Crippen LogP) is 1.19. The third kappa shape index (κ3) is 3.97. The first kappa shape index (κ1) is 11.5. The fraction of sp³-hybridized carbons (Fsp3) is 0.667. The van der Waals surface area contributed by atoms with E-state index >= 15 is 0 Å². The molecule has 1 rings (SSSR count). The van der Waals surface area contributed by atoms with Crippen LogP contribution in [0.2, 0.25) is 0 Å². The molecule has 84 valence electrons. The number of anilines is 1. The molecule has 6 heteroatoms. The van der Waals surface area contributed by atoms with E-state index in [1.807, 2.05) is 20.8 Å². The first-order valence-electron chi connectivity index (χ1n) is 4.67. The SMILES string of the molecule is COc1n[nH]c(NC(=O)CC(C)(C)C)n1. The zero-order valence-corrected chi connectivity index (χ0v) is 9.42. The number of nitrogens with zero attached hydrogens (tertiary/aromatic N) is 2. The number of amides is 1. The highest BCUT2D eigenvalue weighted by atomic mass is 16.5. The van der Waals surface area contributed by atoms with Gasteiger partial charge in [0.25, 0.3) is 0 Å². The van der Waals surface area contributed by atoms with E-state index in [-0.39, 0.29) is 17.3 Å². The first-order valence-corrected chi connectivity index (χ1v) is 4.67. The number of rotatable bonds is 3. The molecule has 0 aliphatic heterocycles. The van der Waals surface area contributed by atoms with Crippen molar-refractivity contribution in [3.63, 3.8) is 0 Å². The molecule has 1 heterocycles. The molecule has 0 aromatic carbocycles. The molecule has 1 aromatic heterocycles. The van der Waals surface area contributed by atoms with Gasteiger partial charge in [-0.1, -0.05) is 20.8 Å². The Bertz CT molecular complexity index is 340. The van der Waals surface area contributed by atoms with Crippen LogP contribution in [0.4, 0.5) is 5.95 Å². The van der Waals surface area contributed by atoms with Crippen LogP contribution in [0.3, 0.4) is 0 Å². The summed E-state index contributed by atoms with van der Waals surface area (Å²) in [7, 11) is 1.46. The van der Waals surface area contributed by atoms with Gasteiger partial charge in [0.15, 0.2) is 0 Å². The average Bonchev–Trinajstić information content (AvgIpc) is 2.48. The van der Waals surface area contributed by atoms with Crippen LogP contribution in [0.1, 0.15) is 27.2 Å². The summed E-state index contributed by atoms with van der Waals surface area (Å²) in [5.74, 6) is 0.211. The molecule has 15 heavy (non-hydrogen) atoms. The molecule has 1 aromatic rings. The quantitative estimate of drug-likeness (QED) is 0.788. The predicted molar refractivity (Wildman–Crippen MR) is 55.6 cm³/mol. The fourth-order valence-corrected chi connectivity index (χ4v) is 1.05. The third-order valence-corrected chi connectivity index (χ3v) is 1.60. The summed E-state index contributed by atoms with van der Waals surface area (Å²) in [6, 6.07) is 0.209. The molecule has 0 atom stereocenters. The summed E-state index contributed by atoms with van der Waals surface area (Å²) in [5.41, 5.74) is -0.0474. The largest absolute Gasteiger partial charge is 0.466 e. The second-order valence-corrected chi connectivity index (χ2v) is 4.46. The molecule has 0 unspecified atom stereocenters. The highest BCUT2D eigenvalue weighted by Gasteiger charge is 2.17. The van der Waals surface area contributed by atoms with E-state index in [9.17, 15) is 4.79 Å². The van der Waals surface area contributed by atoms with Crippen molar-refractivity contribution in [3.8, 4) is 6.01 Å². The van der Waals surface area contributed by atoms with Crippen molar-refractivity contribution in [2.45, 2.75) is 27.2 Å². The van der Waals surface area contributed by atoms with Crippen molar-refractivity contribution in [3.05, 3.63) is 0 Å². The monoisotopic (exact) mass is 212 g/mol. The van der Waals surface area contributed by atoms with Gasteiger partial charge >= 0.3 is 6.01 Å². The number of H-pyrrole nitrogens is 1. The van der Waals surface area contributed by atoms with Gasteiger partial charge in [-0.25, -0.2) is 5.10 Å². The van der Waals surface area contributed by atoms with Crippen LogP contribution in [-0.4, -0.2) is 28.2 Å². The molecule has 0 aliphatic carbocycles. The van der Waals surface area contributed by atoms with Crippen molar-refractivity contribution in [2.75, 3.05) is 12.4 Å². The van der Waals surface area contributed by atoms with Gasteiger partial charge in [-0.2, -0.15) is 4.98 Å². The molecule has 6 nitrogen and oxygen atoms in total. The fourth-order valence-electron chi connectivity index (χ4n) is 1.05. The van der Waals surface area contributed by atoms with E-state index in [0.717, 1.165) is 0 Å². The van der Waals surface area contributed by atoms with Crippen LogP contribution in [0.5, 0.6) is 6.01 Å². The minimum Gasteiger partial charge on any atom is -0.466 e. The summed E-state index contributed by atoms with van der Waals surface area (Å²) in [6.07, 6.45) is 0.427. The summed E-state index contributed by atoms with van der Waals surface area (Å²) in [6.45, 7) is 5.98. The number of aromatic amines is 1. The van der Waals surface area contributed by atoms with Gasteiger partial charge in [0, 0.05) is 6.42 Å². The number of aromatic nitrogens is 3. The van der Waals surface area contributed by atoms with Crippen molar-refractivity contribution in [1.82, 2.24) is 15.2 Å². The Labute approximate surface area is 88.4 Å². The van der Waals surface area contributed by atoms with Crippen LogP contribution in [0.15, 0.2) is 0 Å². The number of methoxy groups -OCH3 is 1. The Hall–Kier alpha value is -1.59. The van der Waals surface area contributed by atoms with Gasteiger partial charge in [-0.15, -0.1) is 5.10 Å². The molecule has 0 aliphatic rings.